The van der Waals surface area contributed by atoms with E-state index >= 15 is 0 Å². The lowest BCUT2D eigenvalue weighted by Gasteiger charge is -2.34. The summed E-state index contributed by atoms with van der Waals surface area (Å²) in [5.74, 6) is 0.676. The molecule has 1 saturated heterocycles. The second kappa shape index (κ2) is 9.23. The van der Waals surface area contributed by atoms with Crippen LogP contribution in [0.15, 0.2) is 24.3 Å². The minimum absolute atomic E-state index is 0.0821. The minimum atomic E-state index is -0.0821. The van der Waals surface area contributed by atoms with Crippen LogP contribution in [0.4, 0.5) is 4.39 Å². The van der Waals surface area contributed by atoms with Gasteiger partial charge in [0, 0.05) is 32.3 Å². The second-order valence-electron chi connectivity index (χ2n) is 6.20. The number of hydrogen-bond acceptors (Lipinski definition) is 3. The molecule has 1 aliphatic heterocycles. The van der Waals surface area contributed by atoms with Gasteiger partial charge in [0.25, 0.3) is 0 Å². The molecule has 0 unspecified atom stereocenters. The molecule has 1 heterocycles. The molecule has 1 fully saturated rings. The molecule has 0 atom stereocenters. The van der Waals surface area contributed by atoms with E-state index in [1.165, 1.54) is 12.8 Å². The normalized spacial score (nSPS) is 17.3. The van der Waals surface area contributed by atoms with Gasteiger partial charge in [-0.05, 0) is 44.5 Å². The average molecular weight is 308 g/mol. The Morgan fingerprint density at radius 1 is 1.27 bits per heavy atom. The first kappa shape index (κ1) is 17.4. The molecule has 0 bridgehead atoms. The lowest BCUT2D eigenvalue weighted by atomic mass is 9.95. The topological polar surface area (TPSA) is 15.7 Å². The Labute approximate surface area is 134 Å². The van der Waals surface area contributed by atoms with Crippen molar-refractivity contribution in [2.24, 2.45) is 5.92 Å². The van der Waals surface area contributed by atoms with E-state index in [0.717, 1.165) is 57.4 Å². The Morgan fingerprint density at radius 3 is 2.64 bits per heavy atom. The lowest BCUT2D eigenvalue weighted by Crippen LogP contribution is -2.39. The second-order valence-corrected chi connectivity index (χ2v) is 6.20. The fraction of sp³-hybridized carbons (Fsp3) is 0.667. The molecule has 0 aliphatic carbocycles. The smallest absolute Gasteiger partial charge is 0.127 e. The molecule has 0 amide bonds. The molecule has 1 aliphatic rings. The summed E-state index contributed by atoms with van der Waals surface area (Å²) in [6, 6.07) is 7.12. The fourth-order valence-electron chi connectivity index (χ4n) is 3.16. The number of halogens is 1. The molecule has 0 spiro atoms. The van der Waals surface area contributed by atoms with Crippen molar-refractivity contribution in [2.75, 3.05) is 46.4 Å². The molecule has 4 heteroatoms. The van der Waals surface area contributed by atoms with Gasteiger partial charge in [-0.15, -0.1) is 0 Å². The van der Waals surface area contributed by atoms with Gasteiger partial charge in [-0.25, -0.2) is 4.39 Å². The van der Waals surface area contributed by atoms with Gasteiger partial charge >= 0.3 is 0 Å². The number of nitrogens with zero attached hydrogens (tertiary/aromatic N) is 2. The highest BCUT2D eigenvalue weighted by atomic mass is 19.1. The predicted molar refractivity (Wildman–Crippen MR) is 88.4 cm³/mol. The van der Waals surface area contributed by atoms with Crippen LogP contribution in [0, 0.1) is 11.7 Å². The number of ether oxygens (including phenoxy) is 1. The molecule has 0 aromatic heterocycles. The molecule has 1 aromatic carbocycles. The van der Waals surface area contributed by atoms with Crippen molar-refractivity contribution in [3.63, 3.8) is 0 Å². The molecular weight excluding hydrogens is 279 g/mol. The lowest BCUT2D eigenvalue weighted by molar-refractivity contribution is 0.113. The third-order valence-electron chi connectivity index (χ3n) is 4.63. The van der Waals surface area contributed by atoms with E-state index in [1.54, 1.807) is 19.2 Å². The highest BCUT2D eigenvalue weighted by Gasteiger charge is 2.21. The Bertz CT molecular complexity index is 433. The Balaban J connectivity index is 1.74. The standard InChI is InChI=1S/C18H29FN2O/c1-3-20(12-13-22-2)14-16-8-10-21(11-9-16)15-17-6-4-5-7-18(17)19/h4-7,16H,3,8-15H2,1-2H3. The summed E-state index contributed by atoms with van der Waals surface area (Å²) in [4.78, 5) is 4.85. The minimum Gasteiger partial charge on any atom is -0.383 e. The van der Waals surface area contributed by atoms with Gasteiger partial charge in [-0.1, -0.05) is 25.1 Å². The summed E-state index contributed by atoms with van der Waals surface area (Å²) < 4.78 is 18.9. The first-order valence-corrected chi connectivity index (χ1v) is 8.40. The van der Waals surface area contributed by atoms with Crippen LogP contribution in [0.25, 0.3) is 0 Å². The van der Waals surface area contributed by atoms with E-state index in [0.29, 0.717) is 0 Å². The molecule has 22 heavy (non-hydrogen) atoms. The maximum absolute atomic E-state index is 13.7. The molecule has 124 valence electrons. The van der Waals surface area contributed by atoms with Crippen LogP contribution >= 0.6 is 0 Å². The van der Waals surface area contributed by atoms with Crippen LogP contribution in [0.1, 0.15) is 25.3 Å². The molecular formula is C18H29FN2O. The molecule has 3 nitrogen and oxygen atoms in total. The zero-order valence-corrected chi connectivity index (χ0v) is 13.9. The fourth-order valence-corrected chi connectivity index (χ4v) is 3.16. The van der Waals surface area contributed by atoms with E-state index < -0.39 is 0 Å². The first-order valence-electron chi connectivity index (χ1n) is 8.40. The number of likely N-dealkylation sites (tertiary alicyclic amines) is 1. The van der Waals surface area contributed by atoms with E-state index in [1.807, 2.05) is 12.1 Å². The van der Waals surface area contributed by atoms with Gasteiger partial charge < -0.3 is 9.64 Å². The largest absolute Gasteiger partial charge is 0.383 e. The quantitative estimate of drug-likeness (QED) is 0.734. The van der Waals surface area contributed by atoms with E-state index in [4.69, 9.17) is 4.74 Å². The van der Waals surface area contributed by atoms with Crippen LogP contribution in [0.3, 0.4) is 0 Å². The number of benzene rings is 1. The van der Waals surface area contributed by atoms with Gasteiger partial charge in [0.15, 0.2) is 0 Å². The van der Waals surface area contributed by atoms with E-state index in [9.17, 15) is 4.39 Å². The summed E-state index contributed by atoms with van der Waals surface area (Å²) in [5, 5.41) is 0. The van der Waals surface area contributed by atoms with Gasteiger partial charge in [0.05, 0.1) is 6.61 Å². The summed E-state index contributed by atoms with van der Waals surface area (Å²) >= 11 is 0. The summed E-state index contributed by atoms with van der Waals surface area (Å²) in [5.41, 5.74) is 0.816. The Kier molecular flexibility index (Phi) is 7.30. The molecule has 0 radical (unpaired) electrons. The number of piperidine rings is 1. The molecule has 1 aromatic rings. The molecule has 0 N–H and O–H groups in total. The zero-order chi connectivity index (χ0) is 15.8. The zero-order valence-electron chi connectivity index (χ0n) is 13.9. The van der Waals surface area contributed by atoms with Crippen molar-refractivity contribution in [2.45, 2.75) is 26.3 Å². The maximum atomic E-state index is 13.7. The van der Waals surface area contributed by atoms with E-state index in [-0.39, 0.29) is 5.82 Å². The maximum Gasteiger partial charge on any atom is 0.127 e. The number of rotatable bonds is 8. The first-order chi connectivity index (χ1) is 10.7. The van der Waals surface area contributed by atoms with Crippen LogP contribution in [-0.2, 0) is 11.3 Å². The van der Waals surface area contributed by atoms with Gasteiger partial charge in [0.2, 0.25) is 0 Å². The van der Waals surface area contributed by atoms with Crippen LogP contribution in [0.5, 0.6) is 0 Å². The van der Waals surface area contributed by atoms with Crippen molar-refractivity contribution in [3.05, 3.63) is 35.6 Å². The summed E-state index contributed by atoms with van der Waals surface area (Å²) in [7, 11) is 1.76. The highest BCUT2D eigenvalue weighted by Crippen LogP contribution is 2.20. The number of hydrogen-bond donors (Lipinski definition) is 0. The van der Waals surface area contributed by atoms with Crippen molar-refractivity contribution in [1.29, 1.82) is 0 Å². The van der Waals surface area contributed by atoms with Crippen molar-refractivity contribution in [1.82, 2.24) is 9.80 Å². The van der Waals surface area contributed by atoms with Crippen molar-refractivity contribution < 1.29 is 9.13 Å². The summed E-state index contributed by atoms with van der Waals surface area (Å²) in [6.07, 6.45) is 2.41. The van der Waals surface area contributed by atoms with Gasteiger partial charge in [-0.3, -0.25) is 4.90 Å². The van der Waals surface area contributed by atoms with E-state index in [2.05, 4.69) is 16.7 Å². The summed E-state index contributed by atoms with van der Waals surface area (Å²) in [6.45, 7) is 9.15. The van der Waals surface area contributed by atoms with Gasteiger partial charge in [0.1, 0.15) is 5.82 Å². The van der Waals surface area contributed by atoms with Crippen LogP contribution < -0.4 is 0 Å². The average Bonchev–Trinajstić information content (AvgIpc) is 2.55. The molecule has 2 rings (SSSR count). The van der Waals surface area contributed by atoms with Gasteiger partial charge in [-0.2, -0.15) is 0 Å². The van der Waals surface area contributed by atoms with Crippen LogP contribution in [-0.4, -0.2) is 56.2 Å². The predicted octanol–water partition coefficient (Wildman–Crippen LogP) is 3.01. The SMILES string of the molecule is CCN(CCOC)CC1CCN(Cc2ccccc2F)CC1. The Morgan fingerprint density at radius 2 is 2.00 bits per heavy atom. The number of methoxy groups -OCH3 is 1. The number of likely N-dealkylation sites (N-methyl/N-ethyl adjacent to an activating group) is 1. The third-order valence-corrected chi connectivity index (χ3v) is 4.63. The van der Waals surface area contributed by atoms with Crippen molar-refractivity contribution >= 4 is 0 Å². The Hall–Kier alpha value is -0.970. The molecule has 0 saturated carbocycles. The van der Waals surface area contributed by atoms with Crippen LogP contribution in [0.2, 0.25) is 0 Å². The monoisotopic (exact) mass is 308 g/mol. The van der Waals surface area contributed by atoms with Crippen molar-refractivity contribution in [3.8, 4) is 0 Å². The third kappa shape index (κ3) is 5.34. The highest BCUT2D eigenvalue weighted by molar-refractivity contribution is 5.17.